The van der Waals surface area contributed by atoms with Gasteiger partial charge in [0.15, 0.2) is 0 Å². The van der Waals surface area contributed by atoms with E-state index in [1.54, 1.807) is 6.92 Å². The van der Waals surface area contributed by atoms with E-state index < -0.39 is 5.97 Å². The Hall–Kier alpha value is -2.06. The number of thiophene rings is 1. The second-order valence-corrected chi connectivity index (χ2v) is 6.57. The van der Waals surface area contributed by atoms with E-state index in [1.807, 2.05) is 17.5 Å². The Bertz CT molecular complexity index is 737. The number of thioether (sulfide) groups is 1. The number of esters is 1. The maximum atomic E-state index is 12.0. The van der Waals surface area contributed by atoms with Crippen LogP contribution in [0.3, 0.4) is 0 Å². The molecular formula is C15H14N2O4S2. The number of ether oxygens (including phenoxy) is 1. The molecule has 0 unspecified atom stereocenters. The standard InChI is InChI=1S/C15H14N2O4S2/c1-2-20-14(19)6-13-17(12(18)9-23-13)7-10-8-21-15(16-10)11-4-3-5-22-11/h3-6,8H,2,7,9H2,1H3/b13-6-. The second-order valence-electron chi connectivity index (χ2n) is 4.62. The van der Waals surface area contributed by atoms with Crippen LogP contribution in [0.2, 0.25) is 0 Å². The number of aromatic nitrogens is 1. The average molecular weight is 350 g/mol. The fourth-order valence-corrected chi connectivity index (χ4v) is 3.62. The number of carbonyl (C=O) groups is 2. The van der Waals surface area contributed by atoms with Crippen molar-refractivity contribution in [1.82, 2.24) is 9.88 Å². The van der Waals surface area contributed by atoms with Gasteiger partial charge in [0, 0.05) is 0 Å². The fraction of sp³-hybridized carbons (Fsp3) is 0.267. The van der Waals surface area contributed by atoms with Gasteiger partial charge in [0.2, 0.25) is 11.8 Å². The molecule has 1 amide bonds. The minimum absolute atomic E-state index is 0.0637. The third-order valence-corrected chi connectivity index (χ3v) is 4.93. The Balaban J connectivity index is 1.75. The molecule has 0 aliphatic carbocycles. The number of hydrogen-bond donors (Lipinski definition) is 0. The highest BCUT2D eigenvalue weighted by Crippen LogP contribution is 2.31. The lowest BCUT2D eigenvalue weighted by atomic mass is 10.4. The fourth-order valence-electron chi connectivity index (χ4n) is 2.04. The Morgan fingerprint density at radius 3 is 3.17 bits per heavy atom. The van der Waals surface area contributed by atoms with Gasteiger partial charge in [-0.05, 0) is 18.4 Å². The smallest absolute Gasteiger partial charge is 0.333 e. The molecular weight excluding hydrogens is 336 g/mol. The van der Waals surface area contributed by atoms with Crippen molar-refractivity contribution in [1.29, 1.82) is 0 Å². The first-order valence-corrected chi connectivity index (χ1v) is 8.83. The van der Waals surface area contributed by atoms with Gasteiger partial charge >= 0.3 is 5.97 Å². The predicted molar refractivity (Wildman–Crippen MR) is 87.5 cm³/mol. The van der Waals surface area contributed by atoms with E-state index in [4.69, 9.17) is 9.15 Å². The van der Waals surface area contributed by atoms with Crippen LogP contribution in [0.15, 0.2) is 39.3 Å². The molecule has 1 saturated heterocycles. The van der Waals surface area contributed by atoms with Gasteiger partial charge in [0.1, 0.15) is 6.26 Å². The minimum atomic E-state index is -0.450. The highest BCUT2D eigenvalue weighted by Gasteiger charge is 2.28. The summed E-state index contributed by atoms with van der Waals surface area (Å²) in [4.78, 5) is 30.5. The molecule has 3 rings (SSSR count). The summed E-state index contributed by atoms with van der Waals surface area (Å²) in [5.41, 5.74) is 0.638. The summed E-state index contributed by atoms with van der Waals surface area (Å²) in [6, 6.07) is 3.84. The lowest BCUT2D eigenvalue weighted by Crippen LogP contribution is -2.24. The maximum absolute atomic E-state index is 12.0. The first kappa shape index (κ1) is 15.8. The first-order chi connectivity index (χ1) is 11.2. The van der Waals surface area contributed by atoms with E-state index in [0.717, 1.165) is 4.88 Å². The van der Waals surface area contributed by atoms with Crippen LogP contribution >= 0.6 is 23.1 Å². The van der Waals surface area contributed by atoms with Crippen molar-refractivity contribution in [3.63, 3.8) is 0 Å². The summed E-state index contributed by atoms with van der Waals surface area (Å²) in [6.45, 7) is 2.31. The van der Waals surface area contributed by atoms with Crippen molar-refractivity contribution in [3.05, 3.63) is 40.6 Å². The van der Waals surface area contributed by atoms with Crippen molar-refractivity contribution >= 4 is 35.0 Å². The van der Waals surface area contributed by atoms with Crippen molar-refractivity contribution in [3.8, 4) is 10.8 Å². The Morgan fingerprint density at radius 1 is 1.57 bits per heavy atom. The van der Waals surface area contributed by atoms with Crippen LogP contribution in [-0.2, 0) is 20.9 Å². The van der Waals surface area contributed by atoms with Crippen LogP contribution in [0.5, 0.6) is 0 Å². The third-order valence-electron chi connectivity index (χ3n) is 3.04. The zero-order valence-corrected chi connectivity index (χ0v) is 14.0. The van der Waals surface area contributed by atoms with Gasteiger partial charge in [-0.3, -0.25) is 9.69 Å². The molecule has 2 aromatic rings. The second kappa shape index (κ2) is 7.01. The molecule has 23 heavy (non-hydrogen) atoms. The summed E-state index contributed by atoms with van der Waals surface area (Å²) < 4.78 is 10.3. The molecule has 6 nitrogen and oxygen atoms in total. The van der Waals surface area contributed by atoms with Crippen molar-refractivity contribution in [2.75, 3.05) is 12.4 Å². The zero-order chi connectivity index (χ0) is 16.2. The van der Waals surface area contributed by atoms with Gasteiger partial charge in [-0.2, -0.15) is 0 Å². The lowest BCUT2D eigenvalue weighted by Gasteiger charge is -2.14. The molecule has 1 aliphatic rings. The molecule has 0 aromatic carbocycles. The molecule has 2 aromatic heterocycles. The Kier molecular flexibility index (Phi) is 4.82. The number of oxazole rings is 1. The van der Waals surface area contributed by atoms with Crippen LogP contribution in [0.25, 0.3) is 10.8 Å². The number of carbonyl (C=O) groups excluding carboxylic acids is 2. The van der Waals surface area contributed by atoms with Crippen LogP contribution in [0, 0.1) is 0 Å². The van der Waals surface area contributed by atoms with Crippen molar-refractivity contribution in [2.45, 2.75) is 13.5 Å². The molecule has 0 atom stereocenters. The molecule has 1 fully saturated rings. The number of amides is 1. The van der Waals surface area contributed by atoms with Crippen molar-refractivity contribution < 1.29 is 18.7 Å². The summed E-state index contributed by atoms with van der Waals surface area (Å²) in [6.07, 6.45) is 2.88. The molecule has 0 bridgehead atoms. The first-order valence-electron chi connectivity index (χ1n) is 6.97. The van der Waals surface area contributed by atoms with Crippen LogP contribution in [-0.4, -0.2) is 34.1 Å². The highest BCUT2D eigenvalue weighted by atomic mass is 32.2. The van der Waals surface area contributed by atoms with E-state index in [2.05, 4.69) is 4.98 Å². The predicted octanol–water partition coefficient (Wildman–Crippen LogP) is 2.88. The summed E-state index contributed by atoms with van der Waals surface area (Å²) in [5.74, 6) is 0.325. The van der Waals surface area contributed by atoms with Gasteiger partial charge < -0.3 is 9.15 Å². The molecule has 3 heterocycles. The Morgan fingerprint density at radius 2 is 2.43 bits per heavy atom. The third kappa shape index (κ3) is 3.65. The monoisotopic (exact) mass is 350 g/mol. The van der Waals surface area contributed by atoms with Crippen LogP contribution in [0.1, 0.15) is 12.6 Å². The Labute approximate surface area is 141 Å². The summed E-state index contributed by atoms with van der Waals surface area (Å²) in [5, 5.41) is 2.52. The number of rotatable bonds is 5. The lowest BCUT2D eigenvalue weighted by molar-refractivity contribution is -0.137. The number of nitrogens with zero attached hydrogens (tertiary/aromatic N) is 2. The molecule has 0 N–H and O–H groups in total. The van der Waals surface area contributed by atoms with Gasteiger partial charge in [-0.25, -0.2) is 9.78 Å². The molecule has 1 aliphatic heterocycles. The quantitative estimate of drug-likeness (QED) is 0.610. The van der Waals surface area contributed by atoms with Gasteiger partial charge in [0.05, 0.1) is 40.6 Å². The van der Waals surface area contributed by atoms with Crippen LogP contribution in [0.4, 0.5) is 0 Å². The van der Waals surface area contributed by atoms with E-state index >= 15 is 0 Å². The summed E-state index contributed by atoms with van der Waals surface area (Å²) >= 11 is 2.85. The van der Waals surface area contributed by atoms with E-state index in [-0.39, 0.29) is 12.5 Å². The molecule has 0 saturated carbocycles. The largest absolute Gasteiger partial charge is 0.463 e. The van der Waals surface area contributed by atoms with Gasteiger partial charge in [0.25, 0.3) is 0 Å². The zero-order valence-electron chi connectivity index (χ0n) is 12.4. The minimum Gasteiger partial charge on any atom is -0.463 e. The SMILES string of the molecule is CCOC(=O)/C=C1\SCC(=O)N1Cc1coc(-c2cccs2)n1. The van der Waals surface area contributed by atoms with Crippen LogP contribution < -0.4 is 0 Å². The molecule has 8 heteroatoms. The topological polar surface area (TPSA) is 72.6 Å². The van der Waals surface area contributed by atoms with E-state index in [0.29, 0.717) is 29.0 Å². The molecule has 120 valence electrons. The average Bonchev–Trinajstić information content (AvgIpc) is 3.24. The van der Waals surface area contributed by atoms with Crippen molar-refractivity contribution in [2.24, 2.45) is 0 Å². The molecule has 0 radical (unpaired) electrons. The highest BCUT2D eigenvalue weighted by molar-refractivity contribution is 8.04. The normalized spacial score (nSPS) is 16.3. The van der Waals surface area contributed by atoms with Gasteiger partial charge in [-0.15, -0.1) is 11.3 Å². The van der Waals surface area contributed by atoms with E-state index in [1.165, 1.54) is 40.3 Å². The maximum Gasteiger partial charge on any atom is 0.333 e. The molecule has 0 spiro atoms. The van der Waals surface area contributed by atoms with Gasteiger partial charge in [-0.1, -0.05) is 17.8 Å². The summed E-state index contributed by atoms with van der Waals surface area (Å²) in [7, 11) is 0. The number of hydrogen-bond acceptors (Lipinski definition) is 7. The van der Waals surface area contributed by atoms with E-state index in [9.17, 15) is 9.59 Å².